The molecule has 0 aromatic carbocycles. The summed E-state index contributed by atoms with van der Waals surface area (Å²) in [7, 11) is 0. The summed E-state index contributed by atoms with van der Waals surface area (Å²) in [5.41, 5.74) is 4.64. The van der Waals surface area contributed by atoms with Crippen LogP contribution in [0.5, 0.6) is 0 Å². The van der Waals surface area contributed by atoms with Gasteiger partial charge in [0.25, 0.3) is 0 Å². The van der Waals surface area contributed by atoms with Gasteiger partial charge >= 0.3 is 0 Å². The van der Waals surface area contributed by atoms with Gasteiger partial charge in [-0.1, -0.05) is 46.0 Å². The largest absolute Gasteiger partial charge is 0.362 e. The highest BCUT2D eigenvalue weighted by molar-refractivity contribution is 5.29. The van der Waals surface area contributed by atoms with Gasteiger partial charge in [-0.3, -0.25) is 0 Å². The molecule has 2 rings (SSSR count). The van der Waals surface area contributed by atoms with E-state index in [4.69, 9.17) is 0 Å². The van der Waals surface area contributed by atoms with Crippen molar-refractivity contribution in [2.45, 2.75) is 84.0 Å². The molecule has 18 heavy (non-hydrogen) atoms. The normalized spacial score (nSPS) is 16.6. The first-order valence-corrected chi connectivity index (χ1v) is 8.02. The lowest BCUT2D eigenvalue weighted by Crippen LogP contribution is -1.99. The first-order chi connectivity index (χ1) is 8.81. The van der Waals surface area contributed by atoms with Crippen molar-refractivity contribution in [1.82, 2.24) is 4.98 Å². The van der Waals surface area contributed by atoms with Crippen LogP contribution < -0.4 is 0 Å². The Labute approximate surface area is 112 Å². The minimum absolute atomic E-state index is 0.720. The number of unbranched alkanes of at least 4 members (excludes halogenated alkanes) is 4. The summed E-state index contributed by atoms with van der Waals surface area (Å²) in [6, 6.07) is 2.45. The van der Waals surface area contributed by atoms with E-state index in [-0.39, 0.29) is 0 Å². The minimum Gasteiger partial charge on any atom is -0.362 e. The van der Waals surface area contributed by atoms with Gasteiger partial charge in [0.05, 0.1) is 0 Å². The van der Waals surface area contributed by atoms with Gasteiger partial charge in [0.2, 0.25) is 0 Å². The van der Waals surface area contributed by atoms with Crippen molar-refractivity contribution < 1.29 is 0 Å². The van der Waals surface area contributed by atoms with Crippen molar-refractivity contribution in [3.8, 4) is 0 Å². The molecule has 0 aliphatic heterocycles. The molecule has 1 heteroatoms. The Kier molecular flexibility index (Phi) is 5.34. The zero-order valence-electron chi connectivity index (χ0n) is 12.2. The third kappa shape index (κ3) is 3.63. The third-order valence-electron chi connectivity index (χ3n) is 4.41. The van der Waals surface area contributed by atoms with Crippen molar-refractivity contribution in [3.63, 3.8) is 0 Å². The van der Waals surface area contributed by atoms with Gasteiger partial charge in [0.15, 0.2) is 0 Å². The van der Waals surface area contributed by atoms with Gasteiger partial charge in [-0.05, 0) is 49.7 Å². The highest BCUT2D eigenvalue weighted by Crippen LogP contribution is 2.27. The summed E-state index contributed by atoms with van der Waals surface area (Å²) >= 11 is 0. The van der Waals surface area contributed by atoms with Crippen LogP contribution in [-0.2, 0) is 12.8 Å². The number of H-pyrrole nitrogens is 1. The van der Waals surface area contributed by atoms with Crippen LogP contribution in [0.15, 0.2) is 6.07 Å². The van der Waals surface area contributed by atoms with E-state index in [9.17, 15) is 0 Å². The van der Waals surface area contributed by atoms with Crippen LogP contribution in [0.2, 0.25) is 0 Å². The molecule has 1 aliphatic carbocycles. The summed E-state index contributed by atoms with van der Waals surface area (Å²) < 4.78 is 0. The fourth-order valence-corrected chi connectivity index (χ4v) is 3.10. The molecular weight excluding hydrogens is 218 g/mol. The van der Waals surface area contributed by atoms with E-state index in [0.717, 1.165) is 5.92 Å². The van der Waals surface area contributed by atoms with Gasteiger partial charge in [-0.15, -0.1) is 0 Å². The summed E-state index contributed by atoms with van der Waals surface area (Å²) in [4.78, 5) is 3.69. The molecule has 1 heterocycles. The summed E-state index contributed by atoms with van der Waals surface area (Å²) in [5, 5.41) is 0. The molecule has 1 unspecified atom stereocenters. The minimum atomic E-state index is 0.720. The van der Waals surface area contributed by atoms with Crippen LogP contribution in [0.3, 0.4) is 0 Å². The number of nitrogens with one attached hydrogen (secondary N) is 1. The molecule has 102 valence electrons. The highest BCUT2D eigenvalue weighted by atomic mass is 14.7. The Bertz CT molecular complexity index is 327. The predicted octanol–water partition coefficient (Wildman–Crippen LogP) is 5.36. The van der Waals surface area contributed by atoms with Gasteiger partial charge < -0.3 is 4.98 Å². The van der Waals surface area contributed by atoms with Gasteiger partial charge in [-0.2, -0.15) is 0 Å². The lowest BCUT2D eigenvalue weighted by Gasteiger charge is -2.10. The Morgan fingerprint density at radius 1 is 1.11 bits per heavy atom. The molecule has 0 spiro atoms. The number of aryl methyl sites for hydroxylation is 2. The predicted molar refractivity (Wildman–Crippen MR) is 79.2 cm³/mol. The number of rotatable bonds is 7. The van der Waals surface area contributed by atoms with Gasteiger partial charge in [0, 0.05) is 11.4 Å². The van der Waals surface area contributed by atoms with Crippen LogP contribution in [-0.4, -0.2) is 4.98 Å². The standard InChI is InChI=1S/C17H29N/c1-3-4-5-6-7-10-14(2)17-13-15-11-8-9-12-16(15)18-17/h13-14,18H,3-12H2,1-2H3. The monoisotopic (exact) mass is 247 g/mol. The number of aromatic nitrogens is 1. The number of hydrogen-bond acceptors (Lipinski definition) is 0. The second-order valence-electron chi connectivity index (χ2n) is 6.04. The molecule has 1 aliphatic rings. The van der Waals surface area contributed by atoms with E-state index in [1.165, 1.54) is 75.6 Å². The van der Waals surface area contributed by atoms with Crippen molar-refractivity contribution in [2.75, 3.05) is 0 Å². The average molecular weight is 247 g/mol. The van der Waals surface area contributed by atoms with Crippen molar-refractivity contribution in [1.29, 1.82) is 0 Å². The first kappa shape index (κ1) is 13.7. The van der Waals surface area contributed by atoms with Crippen LogP contribution in [0.1, 0.15) is 88.1 Å². The smallest absolute Gasteiger partial charge is 0.0181 e. The Morgan fingerprint density at radius 3 is 2.67 bits per heavy atom. The lowest BCUT2D eigenvalue weighted by molar-refractivity contribution is 0.561. The molecule has 1 aromatic heterocycles. The van der Waals surface area contributed by atoms with Crippen molar-refractivity contribution >= 4 is 0 Å². The summed E-state index contributed by atoms with van der Waals surface area (Å²) in [6.07, 6.45) is 13.7. The Morgan fingerprint density at radius 2 is 1.89 bits per heavy atom. The highest BCUT2D eigenvalue weighted by Gasteiger charge is 2.15. The van der Waals surface area contributed by atoms with Crippen LogP contribution in [0.25, 0.3) is 0 Å². The van der Waals surface area contributed by atoms with E-state index in [2.05, 4.69) is 24.9 Å². The van der Waals surface area contributed by atoms with Crippen LogP contribution >= 0.6 is 0 Å². The van der Waals surface area contributed by atoms with E-state index in [1.807, 2.05) is 0 Å². The second-order valence-corrected chi connectivity index (χ2v) is 6.04. The maximum Gasteiger partial charge on any atom is 0.0181 e. The number of hydrogen-bond donors (Lipinski definition) is 1. The van der Waals surface area contributed by atoms with Gasteiger partial charge in [0.1, 0.15) is 0 Å². The number of aromatic amines is 1. The molecule has 0 bridgehead atoms. The van der Waals surface area contributed by atoms with Crippen molar-refractivity contribution in [3.05, 3.63) is 23.0 Å². The summed E-state index contributed by atoms with van der Waals surface area (Å²) in [6.45, 7) is 4.67. The average Bonchev–Trinajstić information content (AvgIpc) is 2.82. The first-order valence-electron chi connectivity index (χ1n) is 8.02. The van der Waals surface area contributed by atoms with E-state index in [0.29, 0.717) is 0 Å². The Balaban J connectivity index is 1.78. The Hall–Kier alpha value is -0.720. The molecule has 1 nitrogen and oxygen atoms in total. The molecular formula is C17H29N. The number of fused-ring (bicyclic) bond motifs is 1. The zero-order chi connectivity index (χ0) is 12.8. The maximum atomic E-state index is 3.69. The molecule has 0 saturated heterocycles. The van der Waals surface area contributed by atoms with Gasteiger partial charge in [-0.25, -0.2) is 0 Å². The molecule has 0 amide bonds. The SMILES string of the molecule is CCCCCCCC(C)c1cc2c([nH]1)CCCC2. The topological polar surface area (TPSA) is 15.8 Å². The summed E-state index contributed by atoms with van der Waals surface area (Å²) in [5.74, 6) is 0.720. The fraction of sp³-hybridized carbons (Fsp3) is 0.765. The lowest BCUT2D eigenvalue weighted by atomic mass is 9.96. The van der Waals surface area contributed by atoms with E-state index >= 15 is 0 Å². The molecule has 1 aromatic rings. The second kappa shape index (κ2) is 7.01. The van der Waals surface area contributed by atoms with Crippen LogP contribution in [0, 0.1) is 0 Å². The van der Waals surface area contributed by atoms with Crippen LogP contribution in [0.4, 0.5) is 0 Å². The maximum absolute atomic E-state index is 3.69. The van der Waals surface area contributed by atoms with E-state index in [1.54, 1.807) is 5.56 Å². The quantitative estimate of drug-likeness (QED) is 0.624. The van der Waals surface area contributed by atoms with E-state index < -0.39 is 0 Å². The third-order valence-corrected chi connectivity index (χ3v) is 4.41. The molecule has 0 fully saturated rings. The fourth-order valence-electron chi connectivity index (χ4n) is 3.10. The zero-order valence-corrected chi connectivity index (χ0v) is 12.2. The molecule has 0 saturated carbocycles. The molecule has 1 N–H and O–H groups in total. The molecule has 1 atom stereocenters. The molecule has 0 radical (unpaired) electrons. The van der Waals surface area contributed by atoms with Crippen molar-refractivity contribution in [2.24, 2.45) is 0 Å².